The van der Waals surface area contributed by atoms with Crippen LogP contribution in [-0.4, -0.2) is 19.7 Å². The van der Waals surface area contributed by atoms with Crippen molar-refractivity contribution in [2.75, 3.05) is 30.3 Å². The molecule has 20 heavy (non-hydrogen) atoms. The van der Waals surface area contributed by atoms with Crippen LogP contribution in [-0.2, 0) is 6.42 Å². The van der Waals surface area contributed by atoms with E-state index in [0.29, 0.717) is 11.6 Å². The zero-order valence-corrected chi connectivity index (χ0v) is 11.9. The summed E-state index contributed by atoms with van der Waals surface area (Å²) in [6.07, 6.45) is 1.08. The summed E-state index contributed by atoms with van der Waals surface area (Å²) in [5.41, 5.74) is 9.27. The lowest BCUT2D eigenvalue weighted by Crippen LogP contribution is -2.26. The van der Waals surface area contributed by atoms with Gasteiger partial charge in [0.15, 0.2) is 0 Å². The van der Waals surface area contributed by atoms with E-state index in [-0.39, 0.29) is 0 Å². The standard InChI is InChI=1S/C16H17ClN2O/c17-13-2-1-3-15(10-13)20-9-8-19-7-6-12-4-5-14(18)11-16(12)19/h1-5,10-11H,6-9,18H2. The number of anilines is 2. The van der Waals surface area contributed by atoms with Crippen molar-refractivity contribution < 1.29 is 4.74 Å². The Morgan fingerprint density at radius 2 is 2.10 bits per heavy atom. The molecule has 0 radical (unpaired) electrons. The van der Waals surface area contributed by atoms with Crippen molar-refractivity contribution >= 4 is 23.0 Å². The quantitative estimate of drug-likeness (QED) is 0.877. The van der Waals surface area contributed by atoms with Crippen molar-refractivity contribution in [3.8, 4) is 5.75 Å². The summed E-state index contributed by atoms with van der Waals surface area (Å²) in [6, 6.07) is 13.6. The molecule has 0 fully saturated rings. The first-order chi connectivity index (χ1) is 9.72. The summed E-state index contributed by atoms with van der Waals surface area (Å²) in [6.45, 7) is 2.51. The van der Waals surface area contributed by atoms with E-state index >= 15 is 0 Å². The second-order valence-corrected chi connectivity index (χ2v) is 5.37. The lowest BCUT2D eigenvalue weighted by molar-refractivity contribution is 0.324. The monoisotopic (exact) mass is 288 g/mol. The van der Waals surface area contributed by atoms with Gasteiger partial charge in [0, 0.05) is 22.9 Å². The Labute approximate surface area is 123 Å². The van der Waals surface area contributed by atoms with E-state index in [0.717, 1.165) is 30.9 Å². The molecule has 0 amide bonds. The molecule has 0 saturated carbocycles. The molecule has 1 aliphatic heterocycles. The van der Waals surface area contributed by atoms with Gasteiger partial charge in [-0.3, -0.25) is 0 Å². The molecule has 3 nitrogen and oxygen atoms in total. The summed E-state index contributed by atoms with van der Waals surface area (Å²) < 4.78 is 5.74. The number of hydrogen-bond acceptors (Lipinski definition) is 3. The molecule has 0 spiro atoms. The Kier molecular flexibility index (Phi) is 3.70. The fourth-order valence-corrected chi connectivity index (χ4v) is 2.71. The minimum absolute atomic E-state index is 0.634. The first-order valence-electron chi connectivity index (χ1n) is 6.74. The Morgan fingerprint density at radius 3 is 2.95 bits per heavy atom. The Hall–Kier alpha value is -1.87. The van der Waals surface area contributed by atoms with Gasteiger partial charge in [0.05, 0.1) is 6.54 Å². The second kappa shape index (κ2) is 5.63. The Morgan fingerprint density at radius 1 is 1.20 bits per heavy atom. The molecule has 2 aromatic rings. The predicted molar refractivity (Wildman–Crippen MR) is 83.7 cm³/mol. The second-order valence-electron chi connectivity index (χ2n) is 4.93. The molecule has 1 heterocycles. The summed E-state index contributed by atoms with van der Waals surface area (Å²) in [7, 11) is 0. The van der Waals surface area contributed by atoms with Crippen molar-refractivity contribution in [2.45, 2.75) is 6.42 Å². The van der Waals surface area contributed by atoms with Crippen molar-refractivity contribution in [3.63, 3.8) is 0 Å². The van der Waals surface area contributed by atoms with Crippen LogP contribution >= 0.6 is 11.6 Å². The third-order valence-corrected chi connectivity index (χ3v) is 3.76. The molecule has 0 saturated heterocycles. The van der Waals surface area contributed by atoms with Gasteiger partial charge in [-0.15, -0.1) is 0 Å². The van der Waals surface area contributed by atoms with Crippen LogP contribution in [0, 0.1) is 0 Å². The van der Waals surface area contributed by atoms with Crippen LogP contribution in [0.25, 0.3) is 0 Å². The summed E-state index contributed by atoms with van der Waals surface area (Å²) >= 11 is 5.93. The minimum Gasteiger partial charge on any atom is -0.492 e. The van der Waals surface area contributed by atoms with Crippen molar-refractivity contribution in [2.24, 2.45) is 0 Å². The van der Waals surface area contributed by atoms with E-state index in [1.807, 2.05) is 36.4 Å². The largest absolute Gasteiger partial charge is 0.492 e. The van der Waals surface area contributed by atoms with E-state index < -0.39 is 0 Å². The number of hydrogen-bond donors (Lipinski definition) is 1. The first-order valence-corrected chi connectivity index (χ1v) is 7.12. The highest BCUT2D eigenvalue weighted by atomic mass is 35.5. The van der Waals surface area contributed by atoms with E-state index in [2.05, 4.69) is 11.0 Å². The molecule has 0 aromatic heterocycles. The van der Waals surface area contributed by atoms with Crippen LogP contribution in [0.3, 0.4) is 0 Å². The van der Waals surface area contributed by atoms with E-state index in [9.17, 15) is 0 Å². The third kappa shape index (κ3) is 2.83. The molecule has 2 N–H and O–H groups in total. The molecule has 104 valence electrons. The molecule has 0 atom stereocenters. The Balaban J connectivity index is 1.59. The van der Waals surface area contributed by atoms with E-state index in [1.165, 1.54) is 11.3 Å². The lowest BCUT2D eigenvalue weighted by Gasteiger charge is -2.19. The van der Waals surface area contributed by atoms with Gasteiger partial charge < -0.3 is 15.4 Å². The molecule has 1 aliphatic rings. The molecular formula is C16H17ClN2O. The molecule has 0 bridgehead atoms. The van der Waals surface area contributed by atoms with Gasteiger partial charge in [0.1, 0.15) is 12.4 Å². The van der Waals surface area contributed by atoms with Crippen LogP contribution in [0.2, 0.25) is 5.02 Å². The van der Waals surface area contributed by atoms with E-state index in [4.69, 9.17) is 22.1 Å². The molecule has 3 rings (SSSR count). The predicted octanol–water partition coefficient (Wildman–Crippen LogP) is 3.36. The number of halogens is 1. The highest BCUT2D eigenvalue weighted by Gasteiger charge is 2.18. The smallest absolute Gasteiger partial charge is 0.120 e. The SMILES string of the molecule is Nc1ccc2c(c1)N(CCOc1cccc(Cl)c1)CC2. The normalized spacial score (nSPS) is 13.3. The van der Waals surface area contributed by atoms with Crippen LogP contribution in [0.15, 0.2) is 42.5 Å². The van der Waals surface area contributed by atoms with Gasteiger partial charge >= 0.3 is 0 Å². The number of fused-ring (bicyclic) bond motifs is 1. The topological polar surface area (TPSA) is 38.5 Å². The van der Waals surface area contributed by atoms with Gasteiger partial charge in [0.25, 0.3) is 0 Å². The third-order valence-electron chi connectivity index (χ3n) is 3.53. The van der Waals surface area contributed by atoms with Gasteiger partial charge in [-0.05, 0) is 42.3 Å². The van der Waals surface area contributed by atoms with Gasteiger partial charge in [0.2, 0.25) is 0 Å². The fraction of sp³-hybridized carbons (Fsp3) is 0.250. The number of nitrogen functional groups attached to an aromatic ring is 1. The van der Waals surface area contributed by atoms with Crippen molar-refractivity contribution in [1.29, 1.82) is 0 Å². The lowest BCUT2D eigenvalue weighted by atomic mass is 10.1. The fourth-order valence-electron chi connectivity index (χ4n) is 2.53. The number of benzene rings is 2. The average molecular weight is 289 g/mol. The highest BCUT2D eigenvalue weighted by Crippen LogP contribution is 2.29. The number of rotatable bonds is 4. The average Bonchev–Trinajstić information content (AvgIpc) is 2.82. The number of ether oxygens (including phenoxy) is 1. The van der Waals surface area contributed by atoms with Gasteiger partial charge in [-0.25, -0.2) is 0 Å². The molecule has 0 aliphatic carbocycles. The van der Waals surface area contributed by atoms with E-state index in [1.54, 1.807) is 0 Å². The number of nitrogens with two attached hydrogens (primary N) is 1. The van der Waals surface area contributed by atoms with Crippen molar-refractivity contribution in [3.05, 3.63) is 53.1 Å². The Bertz CT molecular complexity index is 615. The molecule has 2 aromatic carbocycles. The first kappa shape index (κ1) is 13.1. The molecular weight excluding hydrogens is 272 g/mol. The van der Waals surface area contributed by atoms with Gasteiger partial charge in [-0.1, -0.05) is 23.7 Å². The number of nitrogens with zero attached hydrogens (tertiary/aromatic N) is 1. The van der Waals surface area contributed by atoms with Crippen LogP contribution in [0.1, 0.15) is 5.56 Å². The summed E-state index contributed by atoms with van der Waals surface area (Å²) in [5.74, 6) is 0.810. The molecule has 4 heteroatoms. The highest BCUT2D eigenvalue weighted by molar-refractivity contribution is 6.30. The van der Waals surface area contributed by atoms with Crippen molar-refractivity contribution in [1.82, 2.24) is 0 Å². The zero-order chi connectivity index (χ0) is 13.9. The maximum absolute atomic E-state index is 5.93. The van der Waals surface area contributed by atoms with Crippen LogP contribution < -0.4 is 15.4 Å². The maximum Gasteiger partial charge on any atom is 0.120 e. The summed E-state index contributed by atoms with van der Waals surface area (Å²) in [4.78, 5) is 2.32. The minimum atomic E-state index is 0.634. The van der Waals surface area contributed by atoms with Crippen LogP contribution in [0.5, 0.6) is 5.75 Å². The maximum atomic E-state index is 5.93. The van der Waals surface area contributed by atoms with Crippen LogP contribution in [0.4, 0.5) is 11.4 Å². The molecule has 0 unspecified atom stereocenters. The zero-order valence-electron chi connectivity index (χ0n) is 11.2. The summed E-state index contributed by atoms with van der Waals surface area (Å²) in [5, 5.41) is 0.696. The van der Waals surface area contributed by atoms with Gasteiger partial charge in [-0.2, -0.15) is 0 Å².